The molecule has 1 aromatic heterocycles. The second-order valence-electron chi connectivity index (χ2n) is 5.37. The number of carbonyl (C=O) groups excluding carboxylic acids is 1. The molecule has 0 atom stereocenters. The third kappa shape index (κ3) is 4.37. The number of para-hydroxylation sites is 2. The fraction of sp³-hybridized carbons (Fsp3) is 0.222. The van der Waals surface area contributed by atoms with E-state index in [9.17, 15) is 9.18 Å². The predicted octanol–water partition coefficient (Wildman–Crippen LogP) is 3.55. The summed E-state index contributed by atoms with van der Waals surface area (Å²) in [7, 11) is 1.65. The van der Waals surface area contributed by atoms with Gasteiger partial charge in [-0.05, 0) is 36.4 Å². The molecule has 1 N–H and O–H groups in total. The zero-order chi connectivity index (χ0) is 17.6. The Morgan fingerprint density at radius 3 is 2.76 bits per heavy atom. The lowest BCUT2D eigenvalue weighted by Crippen LogP contribution is -2.15. The normalized spacial score (nSPS) is 11.0. The van der Waals surface area contributed by atoms with Crippen molar-refractivity contribution in [2.75, 3.05) is 24.8 Å². The number of halogens is 1. The number of nitrogens with one attached hydrogen (secondary N) is 1. The van der Waals surface area contributed by atoms with Crippen LogP contribution in [0.25, 0.3) is 11.0 Å². The molecular weight excluding hydrogens is 341 g/mol. The van der Waals surface area contributed by atoms with Gasteiger partial charge < -0.3 is 14.6 Å². The first kappa shape index (κ1) is 17.4. The fourth-order valence-corrected chi connectivity index (χ4v) is 3.26. The van der Waals surface area contributed by atoms with Crippen molar-refractivity contribution in [1.82, 2.24) is 9.55 Å². The standard InChI is InChI=1S/C18H18FN3O2S/c1-24-11-10-22-16-5-3-2-4-15(16)21-18(22)25-12-17(23)20-14-8-6-13(19)7-9-14/h2-9H,10-12H2,1H3,(H,20,23). The molecule has 0 aliphatic heterocycles. The Kier molecular flexibility index (Phi) is 5.67. The Labute approximate surface area is 149 Å². The van der Waals surface area contributed by atoms with E-state index < -0.39 is 0 Å². The summed E-state index contributed by atoms with van der Waals surface area (Å²) in [5, 5.41) is 3.52. The third-order valence-corrected chi connectivity index (χ3v) is 4.58. The minimum absolute atomic E-state index is 0.165. The van der Waals surface area contributed by atoms with Crippen LogP contribution in [0.1, 0.15) is 0 Å². The van der Waals surface area contributed by atoms with E-state index in [-0.39, 0.29) is 17.5 Å². The lowest BCUT2D eigenvalue weighted by molar-refractivity contribution is -0.113. The lowest BCUT2D eigenvalue weighted by Gasteiger charge is -2.08. The molecule has 0 fully saturated rings. The Bertz CT molecular complexity index is 864. The van der Waals surface area contributed by atoms with Crippen molar-refractivity contribution in [3.05, 3.63) is 54.3 Å². The maximum atomic E-state index is 12.9. The maximum Gasteiger partial charge on any atom is 0.234 e. The van der Waals surface area contributed by atoms with E-state index >= 15 is 0 Å². The fourth-order valence-electron chi connectivity index (χ4n) is 2.42. The van der Waals surface area contributed by atoms with Crippen molar-refractivity contribution < 1.29 is 13.9 Å². The molecule has 0 aliphatic carbocycles. The average molecular weight is 359 g/mol. The van der Waals surface area contributed by atoms with Crippen LogP contribution in [0.5, 0.6) is 0 Å². The highest BCUT2D eigenvalue weighted by atomic mass is 32.2. The number of anilines is 1. The van der Waals surface area contributed by atoms with Gasteiger partial charge in [-0.15, -0.1) is 0 Å². The summed E-state index contributed by atoms with van der Waals surface area (Å²) in [6.07, 6.45) is 0. The monoisotopic (exact) mass is 359 g/mol. The number of fused-ring (bicyclic) bond motifs is 1. The summed E-state index contributed by atoms with van der Waals surface area (Å²) in [6, 6.07) is 13.5. The van der Waals surface area contributed by atoms with Crippen LogP contribution >= 0.6 is 11.8 Å². The van der Waals surface area contributed by atoms with Gasteiger partial charge in [0.1, 0.15) is 5.82 Å². The average Bonchev–Trinajstić information content (AvgIpc) is 2.98. The molecule has 130 valence electrons. The van der Waals surface area contributed by atoms with Crippen LogP contribution in [-0.2, 0) is 16.1 Å². The number of methoxy groups -OCH3 is 1. The Hall–Kier alpha value is -2.38. The topological polar surface area (TPSA) is 56.1 Å². The van der Waals surface area contributed by atoms with E-state index in [0.29, 0.717) is 18.8 Å². The molecule has 25 heavy (non-hydrogen) atoms. The molecule has 0 radical (unpaired) electrons. The number of hydrogen-bond acceptors (Lipinski definition) is 4. The Balaban J connectivity index is 1.69. The van der Waals surface area contributed by atoms with Crippen LogP contribution in [-0.4, -0.2) is 34.9 Å². The third-order valence-electron chi connectivity index (χ3n) is 3.60. The number of aromatic nitrogens is 2. The highest BCUT2D eigenvalue weighted by Crippen LogP contribution is 2.24. The highest BCUT2D eigenvalue weighted by molar-refractivity contribution is 7.99. The molecular formula is C18H18FN3O2S. The van der Waals surface area contributed by atoms with Crippen molar-refractivity contribution in [3.8, 4) is 0 Å². The number of rotatable bonds is 7. The van der Waals surface area contributed by atoms with Crippen LogP contribution in [0.2, 0.25) is 0 Å². The largest absolute Gasteiger partial charge is 0.383 e. The van der Waals surface area contributed by atoms with Crippen molar-refractivity contribution in [3.63, 3.8) is 0 Å². The molecule has 3 aromatic rings. The molecule has 0 spiro atoms. The minimum Gasteiger partial charge on any atom is -0.383 e. The van der Waals surface area contributed by atoms with E-state index in [1.165, 1.54) is 36.0 Å². The molecule has 7 heteroatoms. The molecule has 1 amide bonds. The first-order valence-corrected chi connectivity index (χ1v) is 8.78. The van der Waals surface area contributed by atoms with Gasteiger partial charge >= 0.3 is 0 Å². The number of thioether (sulfide) groups is 1. The van der Waals surface area contributed by atoms with Gasteiger partial charge in [-0.2, -0.15) is 0 Å². The van der Waals surface area contributed by atoms with Gasteiger partial charge in [0.15, 0.2) is 5.16 Å². The summed E-state index contributed by atoms with van der Waals surface area (Å²) in [5.74, 6) is -0.283. The molecule has 3 rings (SSSR count). The number of imidazole rings is 1. The van der Waals surface area contributed by atoms with Crippen LogP contribution < -0.4 is 5.32 Å². The molecule has 2 aromatic carbocycles. The number of hydrogen-bond donors (Lipinski definition) is 1. The number of benzene rings is 2. The second kappa shape index (κ2) is 8.13. The zero-order valence-electron chi connectivity index (χ0n) is 13.7. The van der Waals surface area contributed by atoms with Gasteiger partial charge in [-0.3, -0.25) is 4.79 Å². The minimum atomic E-state index is -0.334. The molecule has 0 saturated carbocycles. The van der Waals surface area contributed by atoms with Gasteiger partial charge in [0, 0.05) is 19.3 Å². The van der Waals surface area contributed by atoms with Crippen molar-refractivity contribution >= 4 is 34.4 Å². The second-order valence-corrected chi connectivity index (χ2v) is 6.31. The Morgan fingerprint density at radius 1 is 1.24 bits per heavy atom. The summed E-state index contributed by atoms with van der Waals surface area (Å²) >= 11 is 1.36. The SMILES string of the molecule is COCCn1c(SCC(=O)Nc2ccc(F)cc2)nc2ccccc21. The van der Waals surface area contributed by atoms with Crippen LogP contribution in [0.15, 0.2) is 53.7 Å². The first-order chi connectivity index (χ1) is 12.2. The lowest BCUT2D eigenvalue weighted by atomic mass is 10.3. The van der Waals surface area contributed by atoms with Gasteiger partial charge in [0.05, 0.1) is 23.4 Å². The number of nitrogens with zero attached hydrogens (tertiary/aromatic N) is 2. The van der Waals surface area contributed by atoms with Crippen LogP contribution in [0.3, 0.4) is 0 Å². The zero-order valence-corrected chi connectivity index (χ0v) is 14.6. The van der Waals surface area contributed by atoms with Gasteiger partial charge in [0.25, 0.3) is 0 Å². The van der Waals surface area contributed by atoms with E-state index in [1.54, 1.807) is 7.11 Å². The van der Waals surface area contributed by atoms with Crippen LogP contribution in [0, 0.1) is 5.82 Å². The van der Waals surface area contributed by atoms with E-state index in [4.69, 9.17) is 4.74 Å². The van der Waals surface area contributed by atoms with Crippen molar-refractivity contribution in [2.45, 2.75) is 11.7 Å². The summed E-state index contributed by atoms with van der Waals surface area (Å²) < 4.78 is 20.1. The van der Waals surface area contributed by atoms with Crippen LogP contribution in [0.4, 0.5) is 10.1 Å². The predicted molar refractivity (Wildman–Crippen MR) is 97.4 cm³/mol. The summed E-state index contributed by atoms with van der Waals surface area (Å²) in [5.41, 5.74) is 2.47. The molecule has 0 unspecified atom stereocenters. The quantitative estimate of drug-likeness (QED) is 0.656. The van der Waals surface area contributed by atoms with E-state index in [2.05, 4.69) is 14.9 Å². The molecule has 5 nitrogen and oxygen atoms in total. The molecule has 1 heterocycles. The number of carbonyl (C=O) groups is 1. The first-order valence-electron chi connectivity index (χ1n) is 7.80. The van der Waals surface area contributed by atoms with Gasteiger partial charge in [-0.1, -0.05) is 23.9 Å². The van der Waals surface area contributed by atoms with E-state index in [0.717, 1.165) is 16.2 Å². The van der Waals surface area contributed by atoms with Gasteiger partial charge in [0.2, 0.25) is 5.91 Å². The Morgan fingerprint density at radius 2 is 2.00 bits per heavy atom. The number of ether oxygens (including phenoxy) is 1. The summed E-state index contributed by atoms with van der Waals surface area (Å²) in [6.45, 7) is 1.23. The number of amides is 1. The van der Waals surface area contributed by atoms with Gasteiger partial charge in [-0.25, -0.2) is 9.37 Å². The molecule has 0 aliphatic rings. The molecule has 0 bridgehead atoms. The highest BCUT2D eigenvalue weighted by Gasteiger charge is 2.13. The van der Waals surface area contributed by atoms with Crippen molar-refractivity contribution in [2.24, 2.45) is 0 Å². The maximum absolute atomic E-state index is 12.9. The smallest absolute Gasteiger partial charge is 0.234 e. The molecule has 0 saturated heterocycles. The summed E-state index contributed by atoms with van der Waals surface area (Å²) in [4.78, 5) is 16.7. The van der Waals surface area contributed by atoms with E-state index in [1.807, 2.05) is 24.3 Å². The van der Waals surface area contributed by atoms with Crippen molar-refractivity contribution in [1.29, 1.82) is 0 Å².